The van der Waals surface area contributed by atoms with E-state index in [9.17, 15) is 5.11 Å². The van der Waals surface area contributed by atoms with Crippen LogP contribution < -0.4 is 0 Å². The zero-order valence-corrected chi connectivity index (χ0v) is 13.5. The second-order valence-electron chi connectivity index (χ2n) is 6.60. The van der Waals surface area contributed by atoms with Crippen LogP contribution in [0, 0.1) is 5.39 Å². The number of ether oxygens (including phenoxy) is 6. The van der Waals surface area contributed by atoms with E-state index in [0.717, 1.165) is 6.20 Å². The number of aliphatic hydroxyl groups excluding tert-OH is 1. The summed E-state index contributed by atoms with van der Waals surface area (Å²) in [4.78, 5) is 2.68. The van der Waals surface area contributed by atoms with E-state index in [4.69, 9.17) is 33.8 Å². The van der Waals surface area contributed by atoms with Crippen LogP contribution in [0.1, 0.15) is 27.7 Å². The van der Waals surface area contributed by atoms with Crippen LogP contribution in [0.5, 0.6) is 0 Å². The largest absolute Gasteiger partial charge is 0.476 e. The third-order valence-corrected chi connectivity index (χ3v) is 3.81. The monoisotopic (exact) mass is 329 g/mol. The zero-order valence-electron chi connectivity index (χ0n) is 13.5. The lowest BCUT2D eigenvalue weighted by Crippen LogP contribution is -2.56. The van der Waals surface area contributed by atoms with Crippen molar-refractivity contribution < 1.29 is 33.5 Å². The van der Waals surface area contributed by atoms with Crippen molar-refractivity contribution in [1.29, 1.82) is 5.39 Å². The molecule has 0 bridgehead atoms. The maximum Gasteiger partial charge on any atom is 0.429 e. The third-order valence-electron chi connectivity index (χ3n) is 3.81. The maximum atomic E-state index is 9.40. The molecule has 0 aromatic rings. The van der Waals surface area contributed by atoms with Gasteiger partial charge in [-0.15, -0.1) is 0 Å². The molecule has 3 aliphatic heterocycles. The summed E-state index contributed by atoms with van der Waals surface area (Å²) in [7, 11) is 0. The Balaban J connectivity index is 1.76. The number of diazo groups is 1. The molecule has 3 fully saturated rings. The minimum absolute atomic E-state index is 0.0224. The smallest absolute Gasteiger partial charge is 0.429 e. The van der Waals surface area contributed by atoms with Gasteiger partial charge < -0.3 is 33.5 Å². The Morgan fingerprint density at radius 1 is 1.09 bits per heavy atom. The molecule has 0 aliphatic carbocycles. The molecule has 9 nitrogen and oxygen atoms in total. The molecule has 3 heterocycles. The van der Waals surface area contributed by atoms with E-state index in [1.54, 1.807) is 27.7 Å². The molecule has 5 unspecified atom stereocenters. The van der Waals surface area contributed by atoms with E-state index in [-0.39, 0.29) is 12.7 Å². The van der Waals surface area contributed by atoms with Gasteiger partial charge in [0.2, 0.25) is 5.39 Å². The van der Waals surface area contributed by atoms with E-state index < -0.39 is 42.1 Å². The number of aliphatic hydroxyl groups is 1. The van der Waals surface area contributed by atoms with Crippen LogP contribution in [0.2, 0.25) is 0 Å². The SMILES string of the molecule is CC1(C)OC2OC(COC(O)=C[N+]#N)C3OC(C)(C)OC3C2O1. The summed E-state index contributed by atoms with van der Waals surface area (Å²) in [6.07, 6.45) is -1.63. The Labute approximate surface area is 133 Å². The van der Waals surface area contributed by atoms with Crippen molar-refractivity contribution in [3.05, 3.63) is 17.1 Å². The highest BCUT2D eigenvalue weighted by Gasteiger charge is 2.60. The lowest BCUT2D eigenvalue weighted by atomic mass is 9.99. The molecule has 128 valence electrons. The Kier molecular flexibility index (Phi) is 3.98. The predicted molar refractivity (Wildman–Crippen MR) is 74.3 cm³/mol. The summed E-state index contributed by atoms with van der Waals surface area (Å²) in [6.45, 7) is 7.19. The van der Waals surface area contributed by atoms with Crippen molar-refractivity contribution in [2.24, 2.45) is 0 Å². The van der Waals surface area contributed by atoms with Crippen molar-refractivity contribution in [3.8, 4) is 0 Å². The first-order valence-corrected chi connectivity index (χ1v) is 7.44. The van der Waals surface area contributed by atoms with Crippen molar-refractivity contribution in [1.82, 2.24) is 0 Å². The molecule has 0 spiro atoms. The molecule has 3 rings (SSSR count). The lowest BCUT2D eigenvalue weighted by Gasteiger charge is -2.36. The van der Waals surface area contributed by atoms with Gasteiger partial charge in [0.25, 0.3) is 0 Å². The van der Waals surface area contributed by atoms with E-state index >= 15 is 0 Å². The van der Waals surface area contributed by atoms with Crippen molar-refractivity contribution in [2.45, 2.75) is 70.0 Å². The van der Waals surface area contributed by atoms with Crippen LogP contribution >= 0.6 is 0 Å². The molecule has 0 radical (unpaired) electrons. The van der Waals surface area contributed by atoms with Crippen LogP contribution in [0.15, 0.2) is 12.1 Å². The predicted octanol–water partition coefficient (Wildman–Crippen LogP) is 1.61. The number of hydrogen-bond donors (Lipinski definition) is 1. The molecule has 9 heteroatoms. The van der Waals surface area contributed by atoms with Crippen LogP contribution in [0.25, 0.3) is 4.98 Å². The average Bonchev–Trinajstić information content (AvgIpc) is 2.90. The summed E-state index contributed by atoms with van der Waals surface area (Å²) < 4.78 is 34.4. The highest BCUT2D eigenvalue weighted by atomic mass is 16.9. The molecule has 5 atom stereocenters. The van der Waals surface area contributed by atoms with Gasteiger partial charge in [-0.05, 0) is 27.7 Å². The minimum Gasteiger partial charge on any atom is -0.476 e. The standard InChI is InChI=1S/C14H20N2O7/c1-13(2)20-9-7(6-18-8(17)5-16-15)19-12-11(10(9)21-13)22-14(3,4)23-12/h5,7,9-12H,6H2,1-4H3/p+1. The van der Waals surface area contributed by atoms with E-state index in [1.165, 1.54) is 0 Å². The zero-order chi connectivity index (χ0) is 16.8. The number of rotatable bonds is 3. The van der Waals surface area contributed by atoms with E-state index in [1.807, 2.05) is 0 Å². The van der Waals surface area contributed by atoms with Crippen LogP contribution in [0.3, 0.4) is 0 Å². The second kappa shape index (κ2) is 5.58. The van der Waals surface area contributed by atoms with Gasteiger partial charge in [0.05, 0.1) is 0 Å². The van der Waals surface area contributed by atoms with Gasteiger partial charge in [0, 0.05) is 0 Å². The lowest BCUT2D eigenvalue weighted by molar-refractivity contribution is -0.242. The summed E-state index contributed by atoms with van der Waals surface area (Å²) in [5, 5.41) is 17.8. The molecular formula is C14H21N2O7+. The highest BCUT2D eigenvalue weighted by molar-refractivity contribution is 5.00. The fourth-order valence-electron chi connectivity index (χ4n) is 3.08. The molecule has 0 aromatic carbocycles. The quantitative estimate of drug-likeness (QED) is 0.615. The Hall–Kier alpha value is -1.44. The van der Waals surface area contributed by atoms with Crippen molar-refractivity contribution in [3.63, 3.8) is 0 Å². The van der Waals surface area contributed by atoms with Crippen LogP contribution in [0.4, 0.5) is 0 Å². The Bertz CT molecular complexity index is 542. The molecular weight excluding hydrogens is 308 g/mol. The van der Waals surface area contributed by atoms with Gasteiger partial charge in [0.1, 0.15) is 31.0 Å². The molecule has 0 amide bonds. The summed E-state index contributed by atoms with van der Waals surface area (Å²) in [6, 6.07) is 0. The van der Waals surface area contributed by atoms with E-state index in [2.05, 4.69) is 4.98 Å². The third kappa shape index (κ3) is 3.27. The molecule has 23 heavy (non-hydrogen) atoms. The number of fused-ring (bicyclic) bond motifs is 3. The molecule has 0 aromatic heterocycles. The fraction of sp³-hybridized carbons (Fsp3) is 0.857. The van der Waals surface area contributed by atoms with Gasteiger partial charge in [-0.1, -0.05) is 0 Å². The van der Waals surface area contributed by atoms with Crippen LogP contribution in [-0.2, 0) is 28.4 Å². The first-order chi connectivity index (χ1) is 10.7. The summed E-state index contributed by atoms with van der Waals surface area (Å²) in [5.41, 5.74) is 0. The Morgan fingerprint density at radius 3 is 2.39 bits per heavy atom. The first kappa shape index (κ1) is 16.4. The van der Waals surface area contributed by atoms with E-state index in [0.29, 0.717) is 0 Å². The molecule has 1 N–H and O–H groups in total. The topological polar surface area (TPSA) is 104 Å². The van der Waals surface area contributed by atoms with Gasteiger partial charge in [-0.2, -0.15) is 0 Å². The normalized spacial score (nSPS) is 41.0. The van der Waals surface area contributed by atoms with Crippen molar-refractivity contribution >= 4 is 0 Å². The van der Waals surface area contributed by atoms with Gasteiger partial charge in [0.15, 0.2) is 22.8 Å². The van der Waals surface area contributed by atoms with Crippen molar-refractivity contribution in [2.75, 3.05) is 6.61 Å². The van der Waals surface area contributed by atoms with Crippen LogP contribution in [-0.4, -0.2) is 54.0 Å². The number of hydrogen-bond acceptors (Lipinski definition) is 8. The Morgan fingerprint density at radius 2 is 1.70 bits per heavy atom. The maximum absolute atomic E-state index is 9.40. The first-order valence-electron chi connectivity index (χ1n) is 7.44. The summed E-state index contributed by atoms with van der Waals surface area (Å²) in [5.74, 6) is -2.11. The van der Waals surface area contributed by atoms with Gasteiger partial charge >= 0.3 is 12.1 Å². The second-order valence-corrected chi connectivity index (χ2v) is 6.60. The van der Waals surface area contributed by atoms with Gasteiger partial charge in [-0.3, -0.25) is 0 Å². The fourth-order valence-corrected chi connectivity index (χ4v) is 3.08. The summed E-state index contributed by atoms with van der Waals surface area (Å²) >= 11 is 0. The average molecular weight is 329 g/mol. The number of nitrogens with zero attached hydrogens (tertiary/aromatic N) is 2. The molecule has 0 saturated carbocycles. The van der Waals surface area contributed by atoms with Gasteiger partial charge in [-0.25, -0.2) is 0 Å². The molecule has 3 saturated heterocycles. The molecule has 3 aliphatic rings. The highest BCUT2D eigenvalue weighted by Crippen LogP contribution is 2.44. The minimum atomic E-state index is -0.791.